The van der Waals surface area contributed by atoms with Crippen LogP contribution in [-0.4, -0.2) is 16.5 Å². The van der Waals surface area contributed by atoms with Crippen molar-refractivity contribution in [3.8, 4) is 0 Å². The van der Waals surface area contributed by atoms with Gasteiger partial charge in [0.1, 0.15) is 5.82 Å². The smallest absolute Gasteiger partial charge is 0.107 e. The van der Waals surface area contributed by atoms with Crippen LogP contribution in [0.2, 0.25) is 0 Å². The molecule has 1 aromatic heterocycles. The number of benzene rings is 1. The lowest BCUT2D eigenvalue weighted by atomic mass is 10.2. The number of aromatic nitrogens is 2. The summed E-state index contributed by atoms with van der Waals surface area (Å²) in [6.07, 6.45) is 4.47. The third-order valence-corrected chi connectivity index (χ3v) is 2.53. The van der Waals surface area contributed by atoms with E-state index in [1.807, 2.05) is 31.3 Å². The quantitative estimate of drug-likeness (QED) is 0.684. The molecule has 0 radical (unpaired) electrons. The number of nitrogens with zero attached hydrogens (tertiary/aromatic N) is 1. The van der Waals surface area contributed by atoms with Gasteiger partial charge in [-0.15, -0.1) is 0 Å². The summed E-state index contributed by atoms with van der Waals surface area (Å²) >= 11 is 0. The zero-order valence-corrected chi connectivity index (χ0v) is 9.33. The molecule has 84 valence electrons. The fourth-order valence-corrected chi connectivity index (χ4v) is 1.51. The minimum Gasteiger partial charge on any atom is -0.398 e. The third-order valence-electron chi connectivity index (χ3n) is 2.53. The van der Waals surface area contributed by atoms with E-state index in [9.17, 15) is 0 Å². The van der Waals surface area contributed by atoms with Gasteiger partial charge < -0.3 is 16.0 Å². The van der Waals surface area contributed by atoms with Gasteiger partial charge in [0, 0.05) is 36.7 Å². The van der Waals surface area contributed by atoms with Crippen molar-refractivity contribution in [2.45, 2.75) is 13.3 Å². The van der Waals surface area contributed by atoms with Crippen LogP contribution in [0.3, 0.4) is 0 Å². The highest BCUT2D eigenvalue weighted by Gasteiger charge is 1.97. The molecule has 0 bridgehead atoms. The molecule has 0 saturated heterocycles. The minimum atomic E-state index is 0.822. The van der Waals surface area contributed by atoms with Crippen LogP contribution in [0.1, 0.15) is 11.4 Å². The van der Waals surface area contributed by atoms with Gasteiger partial charge in [0.25, 0.3) is 0 Å². The van der Waals surface area contributed by atoms with Crippen molar-refractivity contribution in [2.75, 3.05) is 17.6 Å². The highest BCUT2D eigenvalue weighted by atomic mass is 14.9. The van der Waals surface area contributed by atoms with Crippen molar-refractivity contribution in [1.82, 2.24) is 9.97 Å². The third kappa shape index (κ3) is 2.53. The number of aromatic amines is 1. The molecule has 4 nitrogen and oxygen atoms in total. The van der Waals surface area contributed by atoms with Crippen LogP contribution in [0.15, 0.2) is 30.6 Å². The van der Waals surface area contributed by atoms with Crippen molar-refractivity contribution in [1.29, 1.82) is 0 Å². The van der Waals surface area contributed by atoms with Gasteiger partial charge in [0.15, 0.2) is 0 Å². The predicted molar refractivity (Wildman–Crippen MR) is 66.4 cm³/mol. The molecule has 0 saturated carbocycles. The summed E-state index contributed by atoms with van der Waals surface area (Å²) in [5, 5.41) is 3.31. The fourth-order valence-electron chi connectivity index (χ4n) is 1.51. The van der Waals surface area contributed by atoms with Crippen LogP contribution in [0.4, 0.5) is 11.4 Å². The standard InChI is InChI=1S/C12H16N4/c1-9-2-3-10(8-11(9)13)14-5-4-12-15-6-7-16-12/h2-3,6-8,14H,4-5,13H2,1H3,(H,15,16). The molecule has 0 atom stereocenters. The Hall–Kier alpha value is -1.97. The van der Waals surface area contributed by atoms with E-state index in [-0.39, 0.29) is 0 Å². The minimum absolute atomic E-state index is 0.822. The van der Waals surface area contributed by atoms with Gasteiger partial charge in [-0.3, -0.25) is 0 Å². The molecule has 0 aliphatic rings. The second-order valence-electron chi connectivity index (χ2n) is 3.78. The van der Waals surface area contributed by atoms with Crippen molar-refractivity contribution in [3.05, 3.63) is 42.0 Å². The molecule has 4 heteroatoms. The number of anilines is 2. The van der Waals surface area contributed by atoms with E-state index in [4.69, 9.17) is 5.73 Å². The first-order valence-corrected chi connectivity index (χ1v) is 5.34. The van der Waals surface area contributed by atoms with E-state index in [1.165, 1.54) is 0 Å². The Morgan fingerprint density at radius 3 is 3.00 bits per heavy atom. The lowest BCUT2D eigenvalue weighted by Crippen LogP contribution is -2.06. The maximum atomic E-state index is 5.83. The van der Waals surface area contributed by atoms with Gasteiger partial charge >= 0.3 is 0 Å². The topological polar surface area (TPSA) is 66.7 Å². The molecule has 2 rings (SSSR count). The van der Waals surface area contributed by atoms with Crippen LogP contribution in [-0.2, 0) is 6.42 Å². The molecule has 0 aliphatic carbocycles. The van der Waals surface area contributed by atoms with Gasteiger partial charge in [-0.05, 0) is 24.6 Å². The molecular formula is C12H16N4. The molecule has 1 heterocycles. The van der Waals surface area contributed by atoms with Crippen LogP contribution in [0, 0.1) is 6.92 Å². The van der Waals surface area contributed by atoms with Crippen LogP contribution in [0.25, 0.3) is 0 Å². The Morgan fingerprint density at radius 1 is 1.44 bits per heavy atom. The van der Waals surface area contributed by atoms with Gasteiger partial charge in [-0.1, -0.05) is 6.07 Å². The SMILES string of the molecule is Cc1ccc(NCCc2ncc[nH]2)cc1N. The zero-order valence-electron chi connectivity index (χ0n) is 9.33. The summed E-state index contributed by atoms with van der Waals surface area (Å²) in [5.74, 6) is 0.993. The summed E-state index contributed by atoms with van der Waals surface area (Å²) in [6, 6.07) is 6.01. The van der Waals surface area contributed by atoms with Gasteiger partial charge in [-0.2, -0.15) is 0 Å². The van der Waals surface area contributed by atoms with Gasteiger partial charge in [-0.25, -0.2) is 4.98 Å². The monoisotopic (exact) mass is 216 g/mol. The van der Waals surface area contributed by atoms with Crippen molar-refractivity contribution >= 4 is 11.4 Å². The number of H-pyrrole nitrogens is 1. The Kier molecular flexibility index (Phi) is 3.10. The highest BCUT2D eigenvalue weighted by molar-refractivity contribution is 5.58. The van der Waals surface area contributed by atoms with Crippen molar-refractivity contribution < 1.29 is 0 Å². The molecule has 4 N–H and O–H groups in total. The van der Waals surface area contributed by atoms with Crippen LogP contribution in [0.5, 0.6) is 0 Å². The van der Waals surface area contributed by atoms with E-state index in [0.29, 0.717) is 0 Å². The summed E-state index contributed by atoms with van der Waals surface area (Å²) in [4.78, 5) is 7.23. The average molecular weight is 216 g/mol. The van der Waals surface area contributed by atoms with E-state index < -0.39 is 0 Å². The van der Waals surface area contributed by atoms with E-state index >= 15 is 0 Å². The maximum absolute atomic E-state index is 5.83. The summed E-state index contributed by atoms with van der Waals surface area (Å²) in [5.41, 5.74) is 8.81. The number of imidazole rings is 1. The number of hydrogen-bond acceptors (Lipinski definition) is 3. The number of hydrogen-bond donors (Lipinski definition) is 3. The highest BCUT2D eigenvalue weighted by Crippen LogP contribution is 2.16. The largest absolute Gasteiger partial charge is 0.398 e. The first-order valence-electron chi connectivity index (χ1n) is 5.34. The number of nitrogens with two attached hydrogens (primary N) is 1. The summed E-state index contributed by atoms with van der Waals surface area (Å²) in [6.45, 7) is 2.85. The normalized spacial score (nSPS) is 10.3. The summed E-state index contributed by atoms with van der Waals surface area (Å²) < 4.78 is 0. The average Bonchev–Trinajstić information content (AvgIpc) is 2.76. The number of aryl methyl sites for hydroxylation is 1. The van der Waals surface area contributed by atoms with Crippen molar-refractivity contribution in [3.63, 3.8) is 0 Å². The van der Waals surface area contributed by atoms with Crippen LogP contribution < -0.4 is 11.1 Å². The molecule has 2 aromatic rings. The number of nitrogens with one attached hydrogen (secondary N) is 2. The first kappa shape index (κ1) is 10.5. The lowest BCUT2D eigenvalue weighted by molar-refractivity contribution is 0.927. The predicted octanol–water partition coefficient (Wildman–Crippen LogP) is 1.95. The Morgan fingerprint density at radius 2 is 2.31 bits per heavy atom. The Labute approximate surface area is 94.9 Å². The molecular weight excluding hydrogens is 200 g/mol. The lowest BCUT2D eigenvalue weighted by Gasteiger charge is -2.07. The fraction of sp³-hybridized carbons (Fsp3) is 0.250. The maximum Gasteiger partial charge on any atom is 0.107 e. The Bertz CT molecular complexity index is 448. The van der Waals surface area contributed by atoms with Crippen LogP contribution >= 0.6 is 0 Å². The van der Waals surface area contributed by atoms with E-state index in [0.717, 1.165) is 35.7 Å². The Balaban J connectivity index is 1.87. The molecule has 0 fully saturated rings. The molecule has 16 heavy (non-hydrogen) atoms. The molecule has 0 unspecified atom stereocenters. The molecule has 0 aliphatic heterocycles. The van der Waals surface area contributed by atoms with Gasteiger partial charge in [0.2, 0.25) is 0 Å². The second-order valence-corrected chi connectivity index (χ2v) is 3.78. The molecule has 0 spiro atoms. The second kappa shape index (κ2) is 4.70. The van der Waals surface area contributed by atoms with Gasteiger partial charge in [0.05, 0.1) is 0 Å². The number of rotatable bonds is 4. The summed E-state index contributed by atoms with van der Waals surface area (Å²) in [7, 11) is 0. The zero-order chi connectivity index (χ0) is 11.4. The molecule has 0 amide bonds. The first-order chi connectivity index (χ1) is 7.75. The molecule has 1 aromatic carbocycles. The van der Waals surface area contributed by atoms with E-state index in [1.54, 1.807) is 6.20 Å². The van der Waals surface area contributed by atoms with Crippen molar-refractivity contribution in [2.24, 2.45) is 0 Å². The van der Waals surface area contributed by atoms with E-state index in [2.05, 4.69) is 15.3 Å². The number of nitrogen functional groups attached to an aromatic ring is 1.